The fourth-order valence-corrected chi connectivity index (χ4v) is 9.58. The fourth-order valence-electron chi connectivity index (χ4n) is 9.05. The van der Waals surface area contributed by atoms with E-state index in [2.05, 4.69) is 34.6 Å². The van der Waals surface area contributed by atoms with Crippen LogP contribution in [0.4, 0.5) is 0 Å². The number of rotatable bonds is 5. The van der Waals surface area contributed by atoms with Gasteiger partial charge in [-0.25, -0.2) is 0 Å². The van der Waals surface area contributed by atoms with E-state index in [1.807, 2.05) is 0 Å². The van der Waals surface area contributed by atoms with E-state index in [-0.39, 0.29) is 23.0 Å². The maximum absolute atomic E-state index is 12.2. The average Bonchev–Trinajstić information content (AvgIpc) is 3.01. The van der Waals surface area contributed by atoms with Crippen LogP contribution in [0.5, 0.6) is 0 Å². The Morgan fingerprint density at radius 1 is 1.07 bits per heavy atom. The molecule has 4 fully saturated rings. The number of carbonyl (C=O) groups excluding carboxylic acids is 1. The predicted molar refractivity (Wildman–Crippen MR) is 125 cm³/mol. The minimum atomic E-state index is -0.999. The first-order valence-electron chi connectivity index (χ1n) is 12.9. The van der Waals surface area contributed by atoms with Gasteiger partial charge in [0, 0.05) is 18.3 Å². The highest BCUT2D eigenvalue weighted by Crippen LogP contribution is 2.69. The lowest BCUT2D eigenvalue weighted by Gasteiger charge is -2.64. The van der Waals surface area contributed by atoms with E-state index in [1.165, 1.54) is 44.9 Å². The Kier molecular flexibility index (Phi) is 6.20. The molecule has 1 N–H and O–H groups in total. The summed E-state index contributed by atoms with van der Waals surface area (Å²) in [7, 11) is 0. The maximum atomic E-state index is 12.2. The van der Waals surface area contributed by atoms with Crippen molar-refractivity contribution >= 4 is 17.4 Å². The molecule has 30 heavy (non-hydrogen) atoms. The third kappa shape index (κ3) is 3.42. The van der Waals surface area contributed by atoms with Gasteiger partial charge in [-0.15, -0.1) is 11.6 Å². The Balaban J connectivity index is 1.54. The molecule has 4 rings (SSSR count). The van der Waals surface area contributed by atoms with Gasteiger partial charge in [0.15, 0.2) is 0 Å². The minimum Gasteiger partial charge on any atom is -0.387 e. The zero-order valence-corrected chi connectivity index (χ0v) is 20.8. The van der Waals surface area contributed by atoms with Crippen molar-refractivity contribution in [3.63, 3.8) is 0 Å². The highest BCUT2D eigenvalue weighted by Gasteiger charge is 2.67. The molecule has 172 valence electrons. The molecule has 2 nitrogen and oxygen atoms in total. The average molecular weight is 437 g/mol. The molecule has 0 bridgehead atoms. The molecule has 4 aliphatic carbocycles. The van der Waals surface area contributed by atoms with Gasteiger partial charge in [-0.2, -0.15) is 0 Å². The Morgan fingerprint density at radius 3 is 2.50 bits per heavy atom. The monoisotopic (exact) mass is 436 g/mol. The van der Waals surface area contributed by atoms with Crippen LogP contribution in [0.1, 0.15) is 105 Å². The standard InChI is InChI=1S/C27H45ClO2/c1-17(2)7-6-8-18(3)21-9-10-22-20-15-24(28)27(30)16-19(29)11-14-26(27,5)23(20)12-13-25(21,22)4/h17-18,20-24,30H,6-16H2,1-5H3/t18-,20+,21-,22+,23-,24-,25-,26-,27+/m1/s1. The third-order valence-corrected chi connectivity index (χ3v) is 11.4. The lowest BCUT2D eigenvalue weighted by atomic mass is 9.43. The molecule has 0 aromatic carbocycles. The number of alkyl halides is 1. The molecule has 0 aromatic rings. The topological polar surface area (TPSA) is 37.3 Å². The summed E-state index contributed by atoms with van der Waals surface area (Å²) in [5.41, 5.74) is -0.759. The number of Topliss-reactive ketones (excluding diaryl/α,β-unsaturated/α-hetero) is 1. The fraction of sp³-hybridized carbons (Fsp3) is 0.963. The van der Waals surface area contributed by atoms with E-state index in [1.54, 1.807) is 0 Å². The molecule has 0 radical (unpaired) electrons. The van der Waals surface area contributed by atoms with Gasteiger partial charge in [-0.1, -0.05) is 53.9 Å². The molecular formula is C27H45ClO2. The van der Waals surface area contributed by atoms with Crippen LogP contribution in [-0.2, 0) is 4.79 Å². The van der Waals surface area contributed by atoms with Crippen LogP contribution >= 0.6 is 11.6 Å². The molecule has 0 saturated heterocycles. The molecule has 4 saturated carbocycles. The lowest BCUT2D eigenvalue weighted by molar-refractivity contribution is -0.201. The van der Waals surface area contributed by atoms with Gasteiger partial charge < -0.3 is 5.11 Å². The largest absolute Gasteiger partial charge is 0.387 e. The van der Waals surface area contributed by atoms with Crippen molar-refractivity contribution < 1.29 is 9.90 Å². The predicted octanol–water partition coefficient (Wildman–Crippen LogP) is 7.01. The van der Waals surface area contributed by atoms with Crippen molar-refractivity contribution in [3.05, 3.63) is 0 Å². The number of halogens is 1. The second-order valence-electron chi connectivity index (χ2n) is 12.7. The van der Waals surface area contributed by atoms with Gasteiger partial charge in [0.1, 0.15) is 5.78 Å². The van der Waals surface area contributed by atoms with Gasteiger partial charge in [-0.05, 0) is 79.4 Å². The minimum absolute atomic E-state index is 0.196. The molecule has 0 unspecified atom stereocenters. The lowest BCUT2D eigenvalue weighted by Crippen LogP contribution is -2.67. The van der Waals surface area contributed by atoms with Crippen LogP contribution in [0.15, 0.2) is 0 Å². The quantitative estimate of drug-likeness (QED) is 0.470. The van der Waals surface area contributed by atoms with Gasteiger partial charge >= 0.3 is 0 Å². The molecular weight excluding hydrogens is 392 g/mol. The van der Waals surface area contributed by atoms with Crippen molar-refractivity contribution in [2.24, 2.45) is 46.3 Å². The maximum Gasteiger partial charge on any atom is 0.135 e. The first-order chi connectivity index (χ1) is 14.0. The molecule has 3 heteroatoms. The summed E-state index contributed by atoms with van der Waals surface area (Å²) in [6.45, 7) is 12.1. The second kappa shape index (κ2) is 8.05. The van der Waals surface area contributed by atoms with Gasteiger partial charge in [0.05, 0.1) is 11.0 Å². The summed E-state index contributed by atoms with van der Waals surface area (Å²) in [4.78, 5) is 12.2. The van der Waals surface area contributed by atoms with E-state index in [9.17, 15) is 9.90 Å². The van der Waals surface area contributed by atoms with Crippen LogP contribution in [0.2, 0.25) is 0 Å². The molecule has 9 atom stereocenters. The van der Waals surface area contributed by atoms with E-state index >= 15 is 0 Å². The number of aliphatic hydroxyl groups is 1. The van der Waals surface area contributed by atoms with Gasteiger partial charge in [0.25, 0.3) is 0 Å². The number of carbonyl (C=O) groups is 1. The summed E-state index contributed by atoms with van der Waals surface area (Å²) in [5, 5.41) is 11.4. The molecule has 0 heterocycles. The highest BCUT2D eigenvalue weighted by molar-refractivity contribution is 6.21. The summed E-state index contributed by atoms with van der Waals surface area (Å²) in [5.74, 6) is 4.56. The van der Waals surface area contributed by atoms with Crippen molar-refractivity contribution in [2.45, 2.75) is 116 Å². The molecule has 0 spiro atoms. The number of hydrogen-bond acceptors (Lipinski definition) is 2. The Bertz CT molecular complexity index is 661. The summed E-state index contributed by atoms with van der Waals surface area (Å²) in [6.07, 6.45) is 11.9. The Hall–Kier alpha value is -0.0800. The van der Waals surface area contributed by atoms with Crippen molar-refractivity contribution in [2.75, 3.05) is 0 Å². The van der Waals surface area contributed by atoms with E-state index in [0.717, 1.165) is 36.5 Å². The first kappa shape index (κ1) is 23.1. The summed E-state index contributed by atoms with van der Waals surface area (Å²) >= 11 is 6.94. The zero-order chi connectivity index (χ0) is 21.9. The smallest absolute Gasteiger partial charge is 0.135 e. The number of hydrogen-bond donors (Lipinski definition) is 1. The normalized spacial score (nSPS) is 49.5. The molecule has 0 aliphatic heterocycles. The van der Waals surface area contributed by atoms with Crippen molar-refractivity contribution in [1.82, 2.24) is 0 Å². The van der Waals surface area contributed by atoms with Crippen LogP contribution in [0.3, 0.4) is 0 Å². The van der Waals surface area contributed by atoms with Crippen LogP contribution in [-0.4, -0.2) is 21.9 Å². The molecule has 0 aromatic heterocycles. The van der Waals surface area contributed by atoms with Crippen LogP contribution in [0, 0.1) is 46.3 Å². The molecule has 4 aliphatic rings. The van der Waals surface area contributed by atoms with Crippen molar-refractivity contribution in [1.29, 1.82) is 0 Å². The Morgan fingerprint density at radius 2 is 1.80 bits per heavy atom. The van der Waals surface area contributed by atoms with E-state index in [4.69, 9.17) is 11.6 Å². The van der Waals surface area contributed by atoms with Crippen LogP contribution < -0.4 is 0 Å². The first-order valence-corrected chi connectivity index (χ1v) is 13.3. The van der Waals surface area contributed by atoms with Gasteiger partial charge in [0.2, 0.25) is 0 Å². The highest BCUT2D eigenvalue weighted by atomic mass is 35.5. The number of fused-ring (bicyclic) bond motifs is 5. The third-order valence-electron chi connectivity index (χ3n) is 10.8. The number of ketones is 1. The van der Waals surface area contributed by atoms with E-state index in [0.29, 0.717) is 23.7 Å². The van der Waals surface area contributed by atoms with Crippen molar-refractivity contribution in [3.8, 4) is 0 Å². The second-order valence-corrected chi connectivity index (χ2v) is 13.2. The van der Waals surface area contributed by atoms with Gasteiger partial charge in [-0.3, -0.25) is 4.79 Å². The SMILES string of the molecule is CC(C)CCC[C@@H](C)[C@H]1CC[C@H]2[C@@H]3C[C@@H](Cl)[C@@]4(O)CC(=O)CC[C@]4(C)[C@@H]3CC[C@]12C. The molecule has 0 amide bonds. The summed E-state index contributed by atoms with van der Waals surface area (Å²) < 4.78 is 0. The van der Waals surface area contributed by atoms with Crippen LogP contribution in [0.25, 0.3) is 0 Å². The van der Waals surface area contributed by atoms with E-state index < -0.39 is 5.60 Å². The Labute approximate surface area is 189 Å². The zero-order valence-electron chi connectivity index (χ0n) is 20.1. The summed E-state index contributed by atoms with van der Waals surface area (Å²) in [6, 6.07) is 0.